The van der Waals surface area contributed by atoms with Gasteiger partial charge in [0.25, 0.3) is 5.91 Å². The van der Waals surface area contributed by atoms with Crippen molar-refractivity contribution in [3.05, 3.63) is 81.3 Å². The Hall–Kier alpha value is -3.14. The van der Waals surface area contributed by atoms with Crippen molar-refractivity contribution in [3.63, 3.8) is 0 Å². The van der Waals surface area contributed by atoms with Crippen LogP contribution in [0.2, 0.25) is 5.02 Å². The Morgan fingerprint density at radius 3 is 2.76 bits per heavy atom. The number of amides is 1. The number of rotatable bonds is 11. The number of ether oxygens (including phenoxy) is 1. The highest BCUT2D eigenvalue weighted by molar-refractivity contribution is 7.15. The molecule has 0 saturated carbocycles. The minimum Gasteiger partial charge on any atom is -0.494 e. The van der Waals surface area contributed by atoms with Gasteiger partial charge in [-0.05, 0) is 47.9 Å². The Morgan fingerprint density at radius 2 is 2.03 bits per heavy atom. The summed E-state index contributed by atoms with van der Waals surface area (Å²) in [5.41, 5.74) is 1.82. The van der Waals surface area contributed by atoms with E-state index in [1.807, 2.05) is 54.6 Å². The van der Waals surface area contributed by atoms with Gasteiger partial charge >= 0.3 is 0 Å². The van der Waals surface area contributed by atoms with Gasteiger partial charge in [-0.3, -0.25) is 10.1 Å². The van der Waals surface area contributed by atoms with Gasteiger partial charge < -0.3 is 4.74 Å². The number of hydrogen-bond donors (Lipinski definition) is 1. The molecule has 0 spiro atoms. The van der Waals surface area contributed by atoms with E-state index in [2.05, 4.69) is 17.2 Å². The van der Waals surface area contributed by atoms with Gasteiger partial charge in [-0.2, -0.15) is 5.26 Å². The van der Waals surface area contributed by atoms with Gasteiger partial charge in [0.2, 0.25) is 0 Å². The first-order valence-corrected chi connectivity index (χ1v) is 12.1. The first-order chi connectivity index (χ1) is 16.1. The lowest BCUT2D eigenvalue weighted by molar-refractivity contribution is -0.112. The largest absolute Gasteiger partial charge is 0.494 e. The fourth-order valence-electron chi connectivity index (χ4n) is 3.15. The van der Waals surface area contributed by atoms with Crippen LogP contribution in [0.3, 0.4) is 0 Å². The molecule has 0 saturated heterocycles. The summed E-state index contributed by atoms with van der Waals surface area (Å²) in [5.74, 6) is 0.291. The molecule has 2 aromatic carbocycles. The second-order valence-electron chi connectivity index (χ2n) is 7.54. The number of nitrogens with zero attached hydrogens (tertiary/aromatic N) is 2. The number of nitrogens with one attached hydrogen (secondary N) is 1. The molecule has 1 aromatic heterocycles. The molecule has 0 unspecified atom stereocenters. The standard InChI is InChI=1S/C26H26ClN3O2S/c1-2-3-4-5-13-32-23-11-9-19(10-12-23)14-21(17-28)25(31)30-26-29-18-24(33-26)16-20-7-6-8-22(27)15-20/h6-12,14-15,18H,2-5,13,16H2,1H3,(H,29,30,31). The van der Waals surface area contributed by atoms with E-state index in [1.54, 1.807) is 12.3 Å². The number of aromatic nitrogens is 1. The minimum absolute atomic E-state index is 0.00910. The molecule has 0 atom stereocenters. The third-order valence-electron chi connectivity index (χ3n) is 4.86. The predicted molar refractivity (Wildman–Crippen MR) is 135 cm³/mol. The van der Waals surface area contributed by atoms with E-state index in [1.165, 1.54) is 30.6 Å². The molecule has 7 heteroatoms. The zero-order valence-electron chi connectivity index (χ0n) is 18.5. The number of hydrogen-bond acceptors (Lipinski definition) is 5. The van der Waals surface area contributed by atoms with Crippen molar-refractivity contribution in [1.29, 1.82) is 5.26 Å². The molecule has 5 nitrogen and oxygen atoms in total. The van der Waals surface area contributed by atoms with Crippen molar-refractivity contribution in [3.8, 4) is 11.8 Å². The van der Waals surface area contributed by atoms with Crippen LogP contribution in [-0.2, 0) is 11.2 Å². The van der Waals surface area contributed by atoms with Crippen LogP contribution in [0.1, 0.15) is 48.6 Å². The molecular weight excluding hydrogens is 454 g/mol. The van der Waals surface area contributed by atoms with Gasteiger partial charge in [0.1, 0.15) is 17.4 Å². The summed E-state index contributed by atoms with van der Waals surface area (Å²) in [4.78, 5) is 17.8. The highest BCUT2D eigenvalue weighted by Gasteiger charge is 2.12. The summed E-state index contributed by atoms with van der Waals surface area (Å²) < 4.78 is 5.74. The van der Waals surface area contributed by atoms with E-state index in [-0.39, 0.29) is 5.57 Å². The molecule has 1 N–H and O–H groups in total. The smallest absolute Gasteiger partial charge is 0.268 e. The Morgan fingerprint density at radius 1 is 1.21 bits per heavy atom. The summed E-state index contributed by atoms with van der Waals surface area (Å²) in [6.45, 7) is 2.87. The molecule has 33 heavy (non-hydrogen) atoms. The van der Waals surface area contributed by atoms with Crippen molar-refractivity contribution < 1.29 is 9.53 Å². The molecule has 170 valence electrons. The summed E-state index contributed by atoms with van der Waals surface area (Å²) in [5, 5.41) is 13.3. The lowest BCUT2D eigenvalue weighted by Crippen LogP contribution is -2.13. The van der Waals surface area contributed by atoms with Crippen LogP contribution < -0.4 is 10.1 Å². The fourth-order valence-corrected chi connectivity index (χ4v) is 4.21. The SMILES string of the molecule is CCCCCCOc1ccc(C=C(C#N)C(=O)Nc2ncc(Cc3cccc(Cl)c3)s2)cc1. The Balaban J connectivity index is 1.56. The minimum atomic E-state index is -0.489. The molecule has 0 radical (unpaired) electrons. The first-order valence-electron chi connectivity index (χ1n) is 10.9. The molecule has 0 fully saturated rings. The zero-order valence-corrected chi connectivity index (χ0v) is 20.1. The van der Waals surface area contributed by atoms with E-state index in [0.717, 1.165) is 28.2 Å². The van der Waals surface area contributed by atoms with Crippen molar-refractivity contribution >= 4 is 40.1 Å². The molecule has 0 aliphatic heterocycles. The Kier molecular flexibility index (Phi) is 9.49. The number of nitriles is 1. The van der Waals surface area contributed by atoms with Crippen LogP contribution in [0.25, 0.3) is 6.08 Å². The molecule has 0 aliphatic rings. The van der Waals surface area contributed by atoms with Crippen LogP contribution in [0.15, 0.2) is 60.3 Å². The topological polar surface area (TPSA) is 75.0 Å². The summed E-state index contributed by atoms with van der Waals surface area (Å²) in [6.07, 6.45) is 8.56. The number of unbranched alkanes of at least 4 members (excludes halogenated alkanes) is 3. The van der Waals surface area contributed by atoms with Gasteiger partial charge in [-0.25, -0.2) is 4.98 Å². The highest BCUT2D eigenvalue weighted by Crippen LogP contribution is 2.23. The second kappa shape index (κ2) is 12.8. The van der Waals surface area contributed by atoms with E-state index < -0.39 is 5.91 Å². The number of benzene rings is 2. The number of carbonyl (C=O) groups is 1. The number of anilines is 1. The maximum atomic E-state index is 12.6. The van der Waals surface area contributed by atoms with E-state index >= 15 is 0 Å². The molecule has 3 aromatic rings. The monoisotopic (exact) mass is 479 g/mol. The molecule has 1 heterocycles. The van der Waals surface area contributed by atoms with Gasteiger partial charge in [0.15, 0.2) is 5.13 Å². The van der Waals surface area contributed by atoms with Crippen LogP contribution in [0.4, 0.5) is 5.13 Å². The molecular formula is C26H26ClN3O2S. The highest BCUT2D eigenvalue weighted by atomic mass is 35.5. The first kappa shape index (κ1) is 24.5. The van der Waals surface area contributed by atoms with E-state index in [0.29, 0.717) is 23.2 Å². The van der Waals surface area contributed by atoms with Crippen molar-refractivity contribution in [2.24, 2.45) is 0 Å². The normalized spacial score (nSPS) is 11.1. The van der Waals surface area contributed by atoms with Gasteiger partial charge in [-0.1, -0.05) is 62.1 Å². The number of halogens is 1. The van der Waals surface area contributed by atoms with Crippen LogP contribution in [0.5, 0.6) is 5.75 Å². The van der Waals surface area contributed by atoms with Crippen LogP contribution in [-0.4, -0.2) is 17.5 Å². The fraction of sp³-hybridized carbons (Fsp3) is 0.269. The Bertz CT molecular complexity index is 1130. The molecule has 0 aliphatic carbocycles. The Labute approximate surface area is 203 Å². The average Bonchev–Trinajstić information content (AvgIpc) is 3.24. The van der Waals surface area contributed by atoms with E-state index in [9.17, 15) is 10.1 Å². The average molecular weight is 480 g/mol. The molecule has 1 amide bonds. The van der Waals surface area contributed by atoms with E-state index in [4.69, 9.17) is 16.3 Å². The van der Waals surface area contributed by atoms with Crippen LogP contribution >= 0.6 is 22.9 Å². The van der Waals surface area contributed by atoms with Crippen molar-refractivity contribution in [1.82, 2.24) is 4.98 Å². The molecule has 0 bridgehead atoms. The maximum absolute atomic E-state index is 12.6. The lowest BCUT2D eigenvalue weighted by atomic mass is 10.1. The third-order valence-corrected chi connectivity index (χ3v) is 6.01. The molecule has 3 rings (SSSR count). The number of thiazole rings is 1. The zero-order chi connectivity index (χ0) is 23.5. The quantitative estimate of drug-likeness (QED) is 0.184. The van der Waals surface area contributed by atoms with Crippen LogP contribution in [0, 0.1) is 11.3 Å². The summed E-state index contributed by atoms with van der Waals surface area (Å²) in [6, 6.07) is 17.0. The van der Waals surface area contributed by atoms with Crippen molar-refractivity contribution in [2.75, 3.05) is 11.9 Å². The lowest BCUT2D eigenvalue weighted by Gasteiger charge is -2.06. The number of carbonyl (C=O) groups excluding carboxylic acids is 1. The summed E-state index contributed by atoms with van der Waals surface area (Å²) >= 11 is 7.41. The summed E-state index contributed by atoms with van der Waals surface area (Å²) in [7, 11) is 0. The predicted octanol–water partition coefficient (Wildman–Crippen LogP) is 6.89. The van der Waals surface area contributed by atoms with Gasteiger partial charge in [0.05, 0.1) is 6.61 Å². The maximum Gasteiger partial charge on any atom is 0.268 e. The second-order valence-corrected chi connectivity index (χ2v) is 9.09. The van der Waals surface area contributed by atoms with Crippen molar-refractivity contribution in [2.45, 2.75) is 39.0 Å². The van der Waals surface area contributed by atoms with Gasteiger partial charge in [-0.15, -0.1) is 11.3 Å². The van der Waals surface area contributed by atoms with Gasteiger partial charge in [0, 0.05) is 22.5 Å². The third kappa shape index (κ3) is 8.05.